The van der Waals surface area contributed by atoms with Crippen LogP contribution in [0.5, 0.6) is 0 Å². The van der Waals surface area contributed by atoms with Crippen molar-refractivity contribution in [2.45, 2.75) is 39.7 Å². The number of Topliss-reactive ketones (excluding diaryl/α,β-unsaturated/α-hetero) is 2. The van der Waals surface area contributed by atoms with Gasteiger partial charge < -0.3 is 5.11 Å². The lowest BCUT2D eigenvalue weighted by Crippen LogP contribution is -2.44. The minimum Gasteiger partial charge on any atom is -0.377 e. The van der Waals surface area contributed by atoms with Crippen LogP contribution in [0.4, 0.5) is 0 Å². The third-order valence-corrected chi connectivity index (χ3v) is 2.90. The monoisotopic (exact) mass is 208 g/mol. The lowest BCUT2D eigenvalue weighted by atomic mass is 9.77. The summed E-state index contributed by atoms with van der Waals surface area (Å²) in [5.74, 6) is -0.541. The molecule has 0 radical (unpaired) electrons. The topological polar surface area (TPSA) is 54.4 Å². The molecule has 0 heterocycles. The van der Waals surface area contributed by atoms with Crippen LogP contribution in [0, 0.1) is 0 Å². The van der Waals surface area contributed by atoms with Gasteiger partial charge in [0.05, 0.1) is 0 Å². The Labute approximate surface area is 89.5 Å². The second-order valence-corrected chi connectivity index (χ2v) is 4.20. The molecule has 1 aliphatic rings. The summed E-state index contributed by atoms with van der Waals surface area (Å²) < 4.78 is 0. The highest BCUT2D eigenvalue weighted by Crippen LogP contribution is 2.32. The number of allylic oxidation sites excluding steroid dienone is 2. The van der Waals surface area contributed by atoms with E-state index in [0.29, 0.717) is 11.1 Å². The number of carbonyl (C=O) groups excluding carboxylic acids is 2. The Bertz CT molecular complexity index is 384. The maximum atomic E-state index is 11.9. The van der Waals surface area contributed by atoms with Crippen LogP contribution in [-0.4, -0.2) is 22.3 Å². The van der Waals surface area contributed by atoms with Crippen LogP contribution >= 0.6 is 0 Å². The lowest BCUT2D eigenvalue weighted by Gasteiger charge is -2.31. The number of ketones is 2. The van der Waals surface area contributed by atoms with E-state index in [9.17, 15) is 14.7 Å². The van der Waals surface area contributed by atoms with E-state index in [2.05, 4.69) is 0 Å². The average Bonchev–Trinajstić information content (AvgIpc) is 2.11. The summed E-state index contributed by atoms with van der Waals surface area (Å²) in [5.41, 5.74) is 0.316. The molecular formula is C12H16O3. The minimum absolute atomic E-state index is 0.140. The largest absolute Gasteiger partial charge is 0.377 e. The average molecular weight is 208 g/mol. The quantitative estimate of drug-likeness (QED) is 0.749. The summed E-state index contributed by atoms with van der Waals surface area (Å²) in [4.78, 5) is 22.9. The first kappa shape index (κ1) is 11.9. The molecular weight excluding hydrogens is 192 g/mol. The van der Waals surface area contributed by atoms with Crippen LogP contribution in [-0.2, 0) is 9.59 Å². The van der Waals surface area contributed by atoms with E-state index in [1.807, 2.05) is 6.92 Å². The normalized spacial score (nSPS) is 26.7. The van der Waals surface area contributed by atoms with Crippen molar-refractivity contribution in [3.05, 3.63) is 22.8 Å². The van der Waals surface area contributed by atoms with Crippen molar-refractivity contribution in [2.75, 3.05) is 0 Å². The first-order valence-electron chi connectivity index (χ1n) is 4.92. The summed E-state index contributed by atoms with van der Waals surface area (Å²) in [6, 6.07) is 0. The summed E-state index contributed by atoms with van der Waals surface area (Å²) in [6.45, 7) is 6.55. The van der Waals surface area contributed by atoms with Gasteiger partial charge in [0.2, 0.25) is 0 Å². The second-order valence-electron chi connectivity index (χ2n) is 4.20. The van der Waals surface area contributed by atoms with Crippen LogP contribution in [0.2, 0.25) is 0 Å². The number of aliphatic hydroxyl groups is 1. The van der Waals surface area contributed by atoms with E-state index in [1.54, 1.807) is 19.9 Å². The zero-order valence-electron chi connectivity index (χ0n) is 9.55. The molecule has 0 aromatic rings. The Hall–Kier alpha value is -1.22. The van der Waals surface area contributed by atoms with Gasteiger partial charge in [-0.25, -0.2) is 0 Å². The van der Waals surface area contributed by atoms with Gasteiger partial charge in [0, 0.05) is 6.42 Å². The fraction of sp³-hybridized carbons (Fsp3) is 0.500. The molecule has 0 saturated carbocycles. The van der Waals surface area contributed by atoms with Crippen molar-refractivity contribution in [3.8, 4) is 0 Å². The van der Waals surface area contributed by atoms with Gasteiger partial charge in [-0.3, -0.25) is 9.59 Å². The van der Waals surface area contributed by atoms with Gasteiger partial charge in [-0.15, -0.1) is 0 Å². The molecule has 0 aromatic heterocycles. The van der Waals surface area contributed by atoms with Crippen molar-refractivity contribution in [2.24, 2.45) is 0 Å². The molecule has 1 atom stereocenters. The molecule has 3 heteroatoms. The first-order valence-corrected chi connectivity index (χ1v) is 4.92. The van der Waals surface area contributed by atoms with Crippen molar-refractivity contribution < 1.29 is 14.7 Å². The number of rotatable bonds is 2. The number of hydrogen-bond acceptors (Lipinski definition) is 3. The molecule has 0 unspecified atom stereocenters. The summed E-state index contributed by atoms with van der Waals surface area (Å²) in [6.07, 6.45) is 1.62. The van der Waals surface area contributed by atoms with Crippen LogP contribution in [0.25, 0.3) is 0 Å². The molecule has 0 spiro atoms. The maximum absolute atomic E-state index is 11.9. The predicted molar refractivity (Wildman–Crippen MR) is 57.4 cm³/mol. The SMILES string of the molecule is CC(=O)C[C@]1(O)C(=O)C(C)=C(C)C=C1C. The molecule has 3 nitrogen and oxygen atoms in total. The Morgan fingerprint density at radius 2 is 1.93 bits per heavy atom. The van der Waals surface area contributed by atoms with E-state index in [4.69, 9.17) is 0 Å². The standard InChI is InChI=1S/C12H16O3/c1-7-5-8(2)12(15,6-9(3)13)11(14)10(7)4/h5,15H,6H2,1-4H3/t12-/m1/s1. The highest BCUT2D eigenvalue weighted by Gasteiger charge is 2.41. The molecule has 0 bridgehead atoms. The van der Waals surface area contributed by atoms with E-state index in [1.165, 1.54) is 6.92 Å². The highest BCUT2D eigenvalue weighted by molar-refractivity contribution is 6.07. The third-order valence-electron chi connectivity index (χ3n) is 2.90. The second kappa shape index (κ2) is 3.74. The van der Waals surface area contributed by atoms with Gasteiger partial charge in [0.25, 0.3) is 0 Å². The van der Waals surface area contributed by atoms with Crippen LogP contribution < -0.4 is 0 Å². The molecule has 1 aliphatic carbocycles. The van der Waals surface area contributed by atoms with Gasteiger partial charge in [-0.2, -0.15) is 0 Å². The van der Waals surface area contributed by atoms with Gasteiger partial charge in [0.1, 0.15) is 5.78 Å². The van der Waals surface area contributed by atoms with Gasteiger partial charge in [-0.05, 0) is 44.4 Å². The number of carbonyl (C=O) groups is 2. The van der Waals surface area contributed by atoms with E-state index in [-0.39, 0.29) is 18.0 Å². The van der Waals surface area contributed by atoms with Crippen LogP contribution in [0.15, 0.2) is 22.8 Å². The third kappa shape index (κ3) is 1.92. The minimum atomic E-state index is -1.62. The Morgan fingerprint density at radius 3 is 2.40 bits per heavy atom. The maximum Gasteiger partial charge on any atom is 0.194 e. The smallest absolute Gasteiger partial charge is 0.194 e. The molecule has 0 amide bonds. The molecule has 1 N–H and O–H groups in total. The van der Waals surface area contributed by atoms with Gasteiger partial charge in [-0.1, -0.05) is 6.08 Å². The molecule has 0 aliphatic heterocycles. The molecule has 1 rings (SSSR count). The molecule has 0 fully saturated rings. The van der Waals surface area contributed by atoms with Crippen molar-refractivity contribution in [1.82, 2.24) is 0 Å². The van der Waals surface area contributed by atoms with Crippen LogP contribution in [0.3, 0.4) is 0 Å². The van der Waals surface area contributed by atoms with Crippen molar-refractivity contribution in [3.63, 3.8) is 0 Å². The Kier molecular flexibility index (Phi) is 2.95. The Balaban J connectivity index is 3.19. The molecule has 82 valence electrons. The van der Waals surface area contributed by atoms with Crippen molar-refractivity contribution in [1.29, 1.82) is 0 Å². The lowest BCUT2D eigenvalue weighted by molar-refractivity contribution is -0.135. The molecule has 0 aromatic carbocycles. The highest BCUT2D eigenvalue weighted by atomic mass is 16.3. The summed E-state index contributed by atoms with van der Waals surface area (Å²) in [5, 5.41) is 10.2. The van der Waals surface area contributed by atoms with E-state index in [0.717, 1.165) is 5.57 Å². The predicted octanol–water partition coefficient (Wildman–Crippen LogP) is 1.56. The van der Waals surface area contributed by atoms with Crippen LogP contribution in [0.1, 0.15) is 34.1 Å². The van der Waals surface area contributed by atoms with E-state index < -0.39 is 5.60 Å². The fourth-order valence-electron chi connectivity index (χ4n) is 1.80. The fourth-order valence-corrected chi connectivity index (χ4v) is 1.80. The van der Waals surface area contributed by atoms with Gasteiger partial charge in [0.15, 0.2) is 11.4 Å². The van der Waals surface area contributed by atoms with Crippen molar-refractivity contribution >= 4 is 11.6 Å². The molecule has 0 saturated heterocycles. The summed E-state index contributed by atoms with van der Waals surface area (Å²) in [7, 11) is 0. The van der Waals surface area contributed by atoms with Gasteiger partial charge >= 0.3 is 0 Å². The van der Waals surface area contributed by atoms with E-state index >= 15 is 0 Å². The molecule has 15 heavy (non-hydrogen) atoms. The summed E-state index contributed by atoms with van der Waals surface area (Å²) >= 11 is 0. The number of hydrogen-bond donors (Lipinski definition) is 1. The first-order chi connectivity index (χ1) is 6.79. The zero-order valence-corrected chi connectivity index (χ0v) is 9.55. The Morgan fingerprint density at radius 1 is 1.40 bits per heavy atom. The zero-order chi connectivity index (χ0) is 11.8.